The summed E-state index contributed by atoms with van der Waals surface area (Å²) in [5.74, 6) is 0.843. The summed E-state index contributed by atoms with van der Waals surface area (Å²) in [4.78, 5) is 6.97. The zero-order valence-corrected chi connectivity index (χ0v) is 16.6. The maximum atomic E-state index is 5.76. The molecule has 0 radical (unpaired) electrons. The van der Waals surface area contributed by atoms with Crippen molar-refractivity contribution in [2.24, 2.45) is 4.99 Å². The van der Waals surface area contributed by atoms with E-state index in [2.05, 4.69) is 65.7 Å². The molecule has 5 nitrogen and oxygen atoms in total. The number of halogens is 1. The van der Waals surface area contributed by atoms with Gasteiger partial charge in [-0.15, -0.1) is 24.0 Å². The summed E-state index contributed by atoms with van der Waals surface area (Å²) in [7, 11) is 2.13. The van der Waals surface area contributed by atoms with Gasteiger partial charge in [-0.1, -0.05) is 30.3 Å². The van der Waals surface area contributed by atoms with E-state index in [-0.39, 0.29) is 36.1 Å². The number of nitrogens with one attached hydrogen (secondary N) is 2. The Morgan fingerprint density at radius 3 is 2.78 bits per heavy atom. The monoisotopic (exact) mass is 432 g/mol. The molecule has 2 N–H and O–H groups in total. The van der Waals surface area contributed by atoms with E-state index in [9.17, 15) is 0 Å². The molecule has 0 spiro atoms. The van der Waals surface area contributed by atoms with Gasteiger partial charge in [-0.25, -0.2) is 0 Å². The molecule has 2 unspecified atom stereocenters. The first-order valence-electron chi connectivity index (χ1n) is 8.09. The summed E-state index contributed by atoms with van der Waals surface area (Å²) >= 11 is 0. The molecule has 1 aromatic rings. The molecule has 1 aliphatic heterocycles. The Morgan fingerprint density at radius 2 is 2.13 bits per heavy atom. The van der Waals surface area contributed by atoms with Crippen molar-refractivity contribution in [1.82, 2.24) is 15.5 Å². The highest BCUT2D eigenvalue weighted by Crippen LogP contribution is 2.11. The summed E-state index contributed by atoms with van der Waals surface area (Å²) in [6.07, 6.45) is 0.182. The number of hydrogen-bond donors (Lipinski definition) is 2. The third kappa shape index (κ3) is 7.05. The van der Waals surface area contributed by atoms with Crippen molar-refractivity contribution < 1.29 is 4.74 Å². The highest BCUT2D eigenvalue weighted by Gasteiger charge is 2.17. The number of benzene rings is 1. The highest BCUT2D eigenvalue weighted by molar-refractivity contribution is 14.0. The molecule has 2 rings (SSSR count). The molecule has 1 aromatic carbocycles. The van der Waals surface area contributed by atoms with Crippen molar-refractivity contribution in [2.75, 3.05) is 39.8 Å². The predicted octanol–water partition coefficient (Wildman–Crippen LogP) is 2.25. The molecule has 1 heterocycles. The quantitative estimate of drug-likeness (QED) is 0.426. The van der Waals surface area contributed by atoms with Gasteiger partial charge in [-0.05, 0) is 26.5 Å². The van der Waals surface area contributed by atoms with Crippen LogP contribution in [0, 0.1) is 0 Å². The third-order valence-electron chi connectivity index (χ3n) is 3.79. The summed E-state index contributed by atoms with van der Waals surface area (Å²) in [6, 6.07) is 10.6. The van der Waals surface area contributed by atoms with Gasteiger partial charge < -0.3 is 20.3 Å². The van der Waals surface area contributed by atoms with Crippen LogP contribution in [0.4, 0.5) is 0 Å². The van der Waals surface area contributed by atoms with Crippen molar-refractivity contribution >= 4 is 29.9 Å². The van der Waals surface area contributed by atoms with Crippen molar-refractivity contribution in [3.05, 3.63) is 35.9 Å². The van der Waals surface area contributed by atoms with E-state index in [0.29, 0.717) is 6.54 Å². The molecular weight excluding hydrogens is 403 g/mol. The number of ether oxygens (including phenoxy) is 1. The predicted molar refractivity (Wildman–Crippen MR) is 107 cm³/mol. The average Bonchev–Trinajstić information content (AvgIpc) is 2.54. The van der Waals surface area contributed by atoms with Gasteiger partial charge in [0.05, 0.1) is 25.3 Å². The van der Waals surface area contributed by atoms with E-state index in [1.165, 1.54) is 5.56 Å². The van der Waals surface area contributed by atoms with Crippen molar-refractivity contribution in [1.29, 1.82) is 0 Å². The first kappa shape index (κ1) is 20.2. The lowest BCUT2D eigenvalue weighted by atomic mass is 10.1. The molecule has 0 aromatic heterocycles. The molecule has 0 saturated carbocycles. The topological polar surface area (TPSA) is 48.9 Å². The summed E-state index contributed by atoms with van der Waals surface area (Å²) in [5.41, 5.74) is 1.25. The van der Waals surface area contributed by atoms with E-state index >= 15 is 0 Å². The SMILES string of the molecule is CCNC(=NCC1CN(C)CCO1)NC(C)c1ccccc1.I. The second-order valence-electron chi connectivity index (χ2n) is 5.75. The van der Waals surface area contributed by atoms with Gasteiger partial charge in [0.25, 0.3) is 0 Å². The molecule has 130 valence electrons. The first-order valence-corrected chi connectivity index (χ1v) is 8.09. The van der Waals surface area contributed by atoms with Crippen molar-refractivity contribution in [2.45, 2.75) is 26.0 Å². The van der Waals surface area contributed by atoms with Crippen LogP contribution in [0.25, 0.3) is 0 Å². The molecule has 0 amide bonds. The highest BCUT2D eigenvalue weighted by atomic mass is 127. The largest absolute Gasteiger partial charge is 0.374 e. The normalized spacial score (nSPS) is 20.5. The van der Waals surface area contributed by atoms with Crippen LogP contribution in [0.15, 0.2) is 35.3 Å². The number of aliphatic imine (C=N–C) groups is 1. The molecule has 1 fully saturated rings. The van der Waals surface area contributed by atoms with Gasteiger partial charge in [0, 0.05) is 19.6 Å². The van der Waals surface area contributed by atoms with Crippen LogP contribution < -0.4 is 10.6 Å². The van der Waals surface area contributed by atoms with Gasteiger partial charge in [0.2, 0.25) is 0 Å². The number of nitrogens with zero attached hydrogens (tertiary/aromatic N) is 2. The van der Waals surface area contributed by atoms with Crippen molar-refractivity contribution in [3.8, 4) is 0 Å². The molecule has 6 heteroatoms. The maximum Gasteiger partial charge on any atom is 0.191 e. The standard InChI is InChI=1S/C17H28N4O.HI/c1-4-18-17(19-12-16-13-21(3)10-11-22-16)20-14(2)15-8-6-5-7-9-15;/h5-9,14,16H,4,10-13H2,1-3H3,(H2,18,19,20);1H. The Hall–Kier alpha value is -0.860. The molecule has 1 aliphatic rings. The summed E-state index contributed by atoms with van der Waals surface area (Å²) < 4.78 is 5.76. The minimum Gasteiger partial charge on any atom is -0.374 e. The number of hydrogen-bond acceptors (Lipinski definition) is 3. The Bertz CT molecular complexity index is 469. The zero-order chi connectivity index (χ0) is 15.8. The van der Waals surface area contributed by atoms with E-state index in [0.717, 1.165) is 32.2 Å². The number of rotatable bonds is 5. The lowest BCUT2D eigenvalue weighted by molar-refractivity contribution is -0.0136. The Morgan fingerprint density at radius 1 is 1.39 bits per heavy atom. The third-order valence-corrected chi connectivity index (χ3v) is 3.79. The molecular formula is C17H29IN4O. The Balaban J connectivity index is 0.00000264. The van der Waals surface area contributed by atoms with Crippen LogP contribution in [0.2, 0.25) is 0 Å². The second kappa shape index (κ2) is 10.8. The molecule has 0 bridgehead atoms. The average molecular weight is 432 g/mol. The lowest BCUT2D eigenvalue weighted by Crippen LogP contribution is -2.43. The minimum absolute atomic E-state index is 0. The van der Waals surface area contributed by atoms with Crippen molar-refractivity contribution in [3.63, 3.8) is 0 Å². The van der Waals surface area contributed by atoms with Crippen LogP contribution in [0.5, 0.6) is 0 Å². The van der Waals surface area contributed by atoms with Gasteiger partial charge in [0.15, 0.2) is 5.96 Å². The van der Waals surface area contributed by atoms with Gasteiger partial charge >= 0.3 is 0 Å². The lowest BCUT2D eigenvalue weighted by Gasteiger charge is -2.29. The van der Waals surface area contributed by atoms with Crippen LogP contribution in [-0.2, 0) is 4.74 Å². The van der Waals surface area contributed by atoms with Crippen LogP contribution >= 0.6 is 24.0 Å². The molecule has 0 aliphatic carbocycles. The van der Waals surface area contributed by atoms with Crippen LogP contribution in [0.1, 0.15) is 25.5 Å². The molecule has 2 atom stereocenters. The van der Waals surface area contributed by atoms with Gasteiger partial charge in [-0.3, -0.25) is 4.99 Å². The second-order valence-corrected chi connectivity index (χ2v) is 5.75. The van der Waals surface area contributed by atoms with Gasteiger partial charge in [0.1, 0.15) is 0 Å². The van der Waals surface area contributed by atoms with E-state index < -0.39 is 0 Å². The number of morpholine rings is 1. The van der Waals surface area contributed by atoms with E-state index in [4.69, 9.17) is 4.74 Å². The van der Waals surface area contributed by atoms with Crippen LogP contribution in [-0.4, -0.2) is 56.8 Å². The fraction of sp³-hybridized carbons (Fsp3) is 0.588. The van der Waals surface area contributed by atoms with Gasteiger partial charge in [-0.2, -0.15) is 0 Å². The zero-order valence-electron chi connectivity index (χ0n) is 14.3. The molecule has 1 saturated heterocycles. The number of likely N-dealkylation sites (N-methyl/N-ethyl adjacent to an activating group) is 1. The smallest absolute Gasteiger partial charge is 0.191 e. The van der Waals surface area contributed by atoms with Crippen LogP contribution in [0.3, 0.4) is 0 Å². The van der Waals surface area contributed by atoms with E-state index in [1.807, 2.05) is 6.07 Å². The summed E-state index contributed by atoms with van der Waals surface area (Å²) in [5, 5.41) is 6.76. The first-order chi connectivity index (χ1) is 10.7. The maximum absolute atomic E-state index is 5.76. The molecule has 23 heavy (non-hydrogen) atoms. The fourth-order valence-corrected chi connectivity index (χ4v) is 2.52. The Labute approximate surface area is 156 Å². The fourth-order valence-electron chi connectivity index (χ4n) is 2.52. The minimum atomic E-state index is 0. The number of guanidine groups is 1. The Kier molecular flexibility index (Phi) is 9.50. The van der Waals surface area contributed by atoms with E-state index in [1.54, 1.807) is 0 Å². The summed E-state index contributed by atoms with van der Waals surface area (Å²) in [6.45, 7) is 8.49.